The maximum Gasteiger partial charge on any atom is 0.317 e. The molecule has 0 radical (unpaired) electrons. The highest BCUT2D eigenvalue weighted by molar-refractivity contribution is 7.89. The minimum Gasteiger partial charge on any atom is -0.333 e. The van der Waals surface area contributed by atoms with Gasteiger partial charge in [0.25, 0.3) is 5.69 Å². The fourth-order valence-corrected chi connectivity index (χ4v) is 3.91. The molecule has 0 atom stereocenters. The second kappa shape index (κ2) is 8.22. The number of hydrogen-bond acceptors (Lipinski definition) is 5. The van der Waals surface area contributed by atoms with Gasteiger partial charge in [0.15, 0.2) is 0 Å². The Balaban J connectivity index is 1.85. The van der Waals surface area contributed by atoms with Crippen LogP contribution in [0.4, 0.5) is 10.5 Å². The van der Waals surface area contributed by atoms with Gasteiger partial charge in [0.2, 0.25) is 10.0 Å². The van der Waals surface area contributed by atoms with Gasteiger partial charge < -0.3 is 10.2 Å². The van der Waals surface area contributed by atoms with E-state index >= 15 is 0 Å². The number of rotatable bonds is 5. The summed E-state index contributed by atoms with van der Waals surface area (Å²) in [5, 5.41) is 13.6. The van der Waals surface area contributed by atoms with E-state index in [2.05, 4.69) is 10.0 Å². The zero-order valence-corrected chi connectivity index (χ0v) is 16.6. The Morgan fingerprint density at radius 2 is 1.78 bits per heavy atom. The molecule has 2 rings (SSSR count). The van der Waals surface area contributed by atoms with Crippen LogP contribution in [-0.2, 0) is 10.0 Å². The van der Waals surface area contributed by atoms with E-state index in [1.807, 2.05) is 20.8 Å². The number of carbonyl (C=O) groups is 1. The number of non-ortho nitro benzene ring substituents is 1. The minimum atomic E-state index is -3.72. The van der Waals surface area contributed by atoms with Crippen molar-refractivity contribution in [3.63, 3.8) is 0 Å². The highest BCUT2D eigenvalue weighted by atomic mass is 32.2. The number of nitrogens with one attached hydrogen (secondary N) is 2. The van der Waals surface area contributed by atoms with E-state index in [9.17, 15) is 23.3 Å². The summed E-state index contributed by atoms with van der Waals surface area (Å²) in [6.45, 7) is 7.19. The van der Waals surface area contributed by atoms with Gasteiger partial charge in [-0.25, -0.2) is 17.9 Å². The summed E-state index contributed by atoms with van der Waals surface area (Å²) in [4.78, 5) is 24.0. The fraction of sp³-hybridized carbons (Fsp3) is 0.588. The standard InChI is InChI=1S/C17H26N4O5S/c1-17(2,3)19-16(22)20-10-8-13(9-11-20)12-18-27(25,26)15-6-4-14(5-7-15)21(23)24/h4-7,13,18H,8-12H2,1-3H3,(H,19,22). The first-order valence-corrected chi connectivity index (χ1v) is 10.3. The summed E-state index contributed by atoms with van der Waals surface area (Å²) in [6.07, 6.45) is 1.42. The van der Waals surface area contributed by atoms with Crippen LogP contribution in [0.1, 0.15) is 33.6 Å². The van der Waals surface area contributed by atoms with Gasteiger partial charge in [-0.3, -0.25) is 10.1 Å². The van der Waals surface area contributed by atoms with Crippen molar-refractivity contribution in [1.29, 1.82) is 0 Å². The molecular weight excluding hydrogens is 372 g/mol. The van der Waals surface area contributed by atoms with Gasteiger partial charge in [0.1, 0.15) is 0 Å². The summed E-state index contributed by atoms with van der Waals surface area (Å²) in [6, 6.07) is 4.68. The van der Waals surface area contributed by atoms with Crippen LogP contribution in [0, 0.1) is 16.0 Å². The van der Waals surface area contributed by atoms with Crippen molar-refractivity contribution in [2.45, 2.75) is 44.0 Å². The lowest BCUT2D eigenvalue weighted by molar-refractivity contribution is -0.384. The maximum atomic E-state index is 12.3. The van der Waals surface area contributed by atoms with Crippen molar-refractivity contribution in [3.05, 3.63) is 34.4 Å². The van der Waals surface area contributed by atoms with Crippen LogP contribution >= 0.6 is 0 Å². The fourth-order valence-electron chi connectivity index (χ4n) is 2.80. The molecule has 0 unspecified atom stereocenters. The predicted molar refractivity (Wildman–Crippen MR) is 101 cm³/mol. The van der Waals surface area contributed by atoms with Crippen LogP contribution in [0.2, 0.25) is 0 Å². The van der Waals surface area contributed by atoms with Gasteiger partial charge in [0.05, 0.1) is 9.82 Å². The average Bonchev–Trinajstić information content (AvgIpc) is 2.59. The largest absolute Gasteiger partial charge is 0.333 e. The average molecular weight is 398 g/mol. The molecule has 2 amide bonds. The molecule has 1 fully saturated rings. The second-order valence-electron chi connectivity index (χ2n) is 7.71. The molecular formula is C17H26N4O5S. The molecule has 2 N–H and O–H groups in total. The first kappa shape index (κ1) is 21.1. The molecule has 1 aliphatic heterocycles. The first-order chi connectivity index (χ1) is 12.5. The van der Waals surface area contributed by atoms with E-state index in [1.54, 1.807) is 4.90 Å². The molecule has 9 nitrogen and oxygen atoms in total. The third kappa shape index (κ3) is 6.17. The van der Waals surface area contributed by atoms with Crippen LogP contribution in [0.15, 0.2) is 29.2 Å². The highest BCUT2D eigenvalue weighted by Crippen LogP contribution is 2.19. The Hall–Kier alpha value is -2.20. The summed E-state index contributed by atoms with van der Waals surface area (Å²) in [5.74, 6) is 0.136. The molecule has 27 heavy (non-hydrogen) atoms. The van der Waals surface area contributed by atoms with Crippen molar-refractivity contribution in [2.75, 3.05) is 19.6 Å². The number of nitro benzene ring substituents is 1. The van der Waals surface area contributed by atoms with E-state index in [0.717, 1.165) is 0 Å². The summed E-state index contributed by atoms with van der Waals surface area (Å²) in [5.41, 5.74) is -0.455. The second-order valence-corrected chi connectivity index (χ2v) is 9.48. The predicted octanol–water partition coefficient (Wildman–Crippen LogP) is 2.09. The van der Waals surface area contributed by atoms with E-state index in [-0.39, 0.29) is 34.6 Å². The smallest absolute Gasteiger partial charge is 0.317 e. The third-order valence-corrected chi connectivity index (χ3v) is 5.74. The van der Waals surface area contributed by atoms with Crippen molar-refractivity contribution < 1.29 is 18.1 Å². The number of likely N-dealkylation sites (tertiary alicyclic amines) is 1. The quantitative estimate of drug-likeness (QED) is 0.581. The number of nitro groups is 1. The lowest BCUT2D eigenvalue weighted by Crippen LogP contribution is -2.51. The first-order valence-electron chi connectivity index (χ1n) is 8.79. The van der Waals surface area contributed by atoms with Crippen LogP contribution < -0.4 is 10.0 Å². The van der Waals surface area contributed by atoms with Crippen LogP contribution in [0.3, 0.4) is 0 Å². The van der Waals surface area contributed by atoms with Gasteiger partial charge in [-0.2, -0.15) is 0 Å². The van der Waals surface area contributed by atoms with Crippen LogP contribution in [0.25, 0.3) is 0 Å². The molecule has 150 valence electrons. The van der Waals surface area contributed by atoms with Crippen molar-refractivity contribution in [2.24, 2.45) is 5.92 Å². The van der Waals surface area contributed by atoms with E-state index in [0.29, 0.717) is 25.9 Å². The summed E-state index contributed by atoms with van der Waals surface area (Å²) < 4.78 is 27.2. The minimum absolute atomic E-state index is 0.00455. The highest BCUT2D eigenvalue weighted by Gasteiger charge is 2.26. The zero-order chi connectivity index (χ0) is 20.2. The molecule has 0 bridgehead atoms. The van der Waals surface area contributed by atoms with Gasteiger partial charge in [-0.05, 0) is 51.7 Å². The van der Waals surface area contributed by atoms with Crippen LogP contribution in [0.5, 0.6) is 0 Å². The number of piperidine rings is 1. The molecule has 1 aliphatic rings. The lowest BCUT2D eigenvalue weighted by atomic mass is 9.97. The molecule has 1 heterocycles. The van der Waals surface area contributed by atoms with Crippen molar-refractivity contribution >= 4 is 21.7 Å². The topological polar surface area (TPSA) is 122 Å². The maximum absolute atomic E-state index is 12.3. The van der Waals surface area contributed by atoms with E-state index in [1.165, 1.54) is 24.3 Å². The number of nitrogens with zero attached hydrogens (tertiary/aromatic N) is 2. The number of sulfonamides is 1. The molecule has 1 aromatic carbocycles. The Labute approximate surface area is 159 Å². The van der Waals surface area contributed by atoms with E-state index < -0.39 is 14.9 Å². The Kier molecular flexibility index (Phi) is 6.42. The molecule has 10 heteroatoms. The molecule has 0 spiro atoms. The Bertz CT molecular complexity index is 779. The van der Waals surface area contributed by atoms with Gasteiger partial charge in [0, 0.05) is 37.3 Å². The summed E-state index contributed by atoms with van der Waals surface area (Å²) >= 11 is 0. The SMILES string of the molecule is CC(C)(C)NC(=O)N1CCC(CNS(=O)(=O)c2ccc([N+](=O)[O-])cc2)CC1. The number of carbonyl (C=O) groups excluding carboxylic acids is 1. The summed E-state index contributed by atoms with van der Waals surface area (Å²) in [7, 11) is -3.72. The van der Waals surface area contributed by atoms with Crippen molar-refractivity contribution in [3.8, 4) is 0 Å². The Morgan fingerprint density at radius 1 is 1.22 bits per heavy atom. The lowest BCUT2D eigenvalue weighted by Gasteiger charge is -2.34. The van der Waals surface area contributed by atoms with Gasteiger partial charge in [-0.1, -0.05) is 0 Å². The normalized spacial score (nSPS) is 16.2. The number of benzene rings is 1. The molecule has 0 saturated carbocycles. The zero-order valence-electron chi connectivity index (χ0n) is 15.8. The Morgan fingerprint density at radius 3 is 2.26 bits per heavy atom. The van der Waals surface area contributed by atoms with Gasteiger partial charge >= 0.3 is 6.03 Å². The molecule has 0 aromatic heterocycles. The number of urea groups is 1. The van der Waals surface area contributed by atoms with Gasteiger partial charge in [-0.15, -0.1) is 0 Å². The van der Waals surface area contributed by atoms with E-state index in [4.69, 9.17) is 0 Å². The third-order valence-electron chi connectivity index (χ3n) is 4.30. The number of amides is 2. The molecule has 0 aliphatic carbocycles. The molecule has 1 aromatic rings. The van der Waals surface area contributed by atoms with Crippen LogP contribution in [-0.4, -0.2) is 49.4 Å². The monoisotopic (exact) mass is 398 g/mol. The number of hydrogen-bond donors (Lipinski definition) is 2. The molecule has 1 saturated heterocycles. The van der Waals surface area contributed by atoms with Crippen molar-refractivity contribution in [1.82, 2.24) is 14.9 Å².